The van der Waals surface area contributed by atoms with Crippen LogP contribution in [0.15, 0.2) is 84.9 Å². The molecule has 3 aliphatic heterocycles. The maximum absolute atomic E-state index is 14.2. The number of fused-ring (bicyclic) bond motifs is 6. The van der Waals surface area contributed by atoms with Crippen molar-refractivity contribution in [3.63, 3.8) is 0 Å². The lowest BCUT2D eigenvalue weighted by Gasteiger charge is -2.39. The van der Waals surface area contributed by atoms with Crippen LogP contribution >= 0.6 is 0 Å². The smallest absolute Gasteiger partial charge is 0.410 e. The predicted octanol–water partition coefficient (Wildman–Crippen LogP) is 5.89. The molecule has 3 aliphatic rings. The van der Waals surface area contributed by atoms with E-state index >= 15 is 0 Å². The zero-order chi connectivity index (χ0) is 28.8. The molecule has 1 fully saturated rings. The van der Waals surface area contributed by atoms with Gasteiger partial charge in [-0.25, -0.2) is 14.0 Å². The molecule has 0 saturated carbocycles. The number of esters is 1. The minimum atomic E-state index is -1.35. The normalized spacial score (nSPS) is 18.5. The van der Waals surface area contributed by atoms with Gasteiger partial charge in [-0.3, -0.25) is 0 Å². The van der Waals surface area contributed by atoms with Crippen LogP contribution in [0.4, 0.5) is 14.9 Å². The summed E-state index contributed by atoms with van der Waals surface area (Å²) in [5.74, 6) is -0.190. The topological polar surface area (TPSA) is 88.5 Å². The average Bonchev–Trinajstić information content (AvgIpc) is 3.32. The summed E-state index contributed by atoms with van der Waals surface area (Å²) >= 11 is 0. The molecule has 1 atom stereocenters. The number of hydrogen-bond acceptors (Lipinski definition) is 7. The highest BCUT2D eigenvalue weighted by Gasteiger charge is 2.54. The lowest BCUT2D eigenvalue weighted by atomic mass is 9.77. The Bertz CT molecular complexity index is 1700. The molecule has 4 aromatic carbocycles. The summed E-state index contributed by atoms with van der Waals surface area (Å²) in [6.07, 6.45) is -0.355. The highest BCUT2D eigenvalue weighted by atomic mass is 19.1. The summed E-state index contributed by atoms with van der Waals surface area (Å²) in [6.45, 7) is 1.34. The standard InChI is InChI=1S/C33H27FN2O6/c34-19-24-28(37)13-12-27-30(24)41-29-18-22(10-11-26(29)33(27)25-9-5-4-8-23(25)31(38)42-33)35-14-16-36(17-15-35)32(39)40-20-21-6-2-1-3-7-21/h1-13,18,37H,14-17,19-20H2. The Kier molecular flexibility index (Phi) is 6.22. The van der Waals surface area contributed by atoms with Gasteiger partial charge in [0.1, 0.15) is 30.5 Å². The zero-order valence-electron chi connectivity index (χ0n) is 22.6. The number of carbonyl (C=O) groups is 2. The average molecular weight is 567 g/mol. The van der Waals surface area contributed by atoms with Crippen molar-refractivity contribution in [1.82, 2.24) is 4.90 Å². The van der Waals surface area contributed by atoms with Crippen molar-refractivity contribution >= 4 is 17.7 Å². The molecule has 9 heteroatoms. The summed E-state index contributed by atoms with van der Waals surface area (Å²) in [6, 6.07) is 25.3. The number of benzene rings is 4. The number of piperazine rings is 1. The first-order valence-electron chi connectivity index (χ1n) is 13.8. The number of hydrogen-bond donors (Lipinski definition) is 1. The van der Waals surface area contributed by atoms with E-state index < -0.39 is 18.2 Å². The van der Waals surface area contributed by atoms with Crippen LogP contribution in [-0.4, -0.2) is 48.2 Å². The van der Waals surface area contributed by atoms with Gasteiger partial charge in [0.25, 0.3) is 0 Å². The van der Waals surface area contributed by atoms with E-state index in [-0.39, 0.29) is 29.8 Å². The molecule has 42 heavy (non-hydrogen) atoms. The van der Waals surface area contributed by atoms with Crippen LogP contribution in [-0.2, 0) is 28.4 Å². The summed E-state index contributed by atoms with van der Waals surface area (Å²) < 4.78 is 32.1. The van der Waals surface area contributed by atoms with Gasteiger partial charge in [-0.15, -0.1) is 0 Å². The fraction of sp³-hybridized carbons (Fsp3) is 0.212. The molecule has 0 aromatic heterocycles. The molecular formula is C33H27FN2O6. The van der Waals surface area contributed by atoms with Gasteiger partial charge in [-0.05, 0) is 35.9 Å². The van der Waals surface area contributed by atoms with Gasteiger partial charge >= 0.3 is 12.1 Å². The largest absolute Gasteiger partial charge is 0.507 e. The molecule has 212 valence electrons. The van der Waals surface area contributed by atoms with Crippen LogP contribution in [0.3, 0.4) is 0 Å². The third-order valence-corrected chi connectivity index (χ3v) is 8.19. The van der Waals surface area contributed by atoms with Crippen LogP contribution in [0.25, 0.3) is 0 Å². The molecular weight excluding hydrogens is 539 g/mol. The van der Waals surface area contributed by atoms with Gasteiger partial charge in [0.2, 0.25) is 0 Å². The molecule has 0 aliphatic carbocycles. The van der Waals surface area contributed by atoms with Crippen molar-refractivity contribution < 1.29 is 33.3 Å². The van der Waals surface area contributed by atoms with E-state index in [1.807, 2.05) is 60.7 Å². The highest BCUT2D eigenvalue weighted by Crippen LogP contribution is 2.58. The van der Waals surface area contributed by atoms with Crippen LogP contribution in [0.1, 0.15) is 38.2 Å². The Hall–Kier alpha value is -5.05. The van der Waals surface area contributed by atoms with E-state index in [1.165, 1.54) is 6.07 Å². The molecule has 0 bridgehead atoms. The van der Waals surface area contributed by atoms with E-state index in [4.69, 9.17) is 14.2 Å². The number of amides is 1. The molecule has 8 nitrogen and oxygen atoms in total. The van der Waals surface area contributed by atoms with Crippen molar-refractivity contribution in [3.05, 3.63) is 118 Å². The molecule has 4 aromatic rings. The van der Waals surface area contributed by atoms with Crippen molar-refractivity contribution in [2.24, 2.45) is 0 Å². The van der Waals surface area contributed by atoms with Crippen LogP contribution in [0.2, 0.25) is 0 Å². The predicted molar refractivity (Wildman–Crippen MR) is 152 cm³/mol. The number of alkyl halides is 1. The lowest BCUT2D eigenvalue weighted by molar-refractivity contribution is 0.0223. The van der Waals surface area contributed by atoms with Gasteiger partial charge < -0.3 is 29.1 Å². The van der Waals surface area contributed by atoms with E-state index in [0.29, 0.717) is 54.2 Å². The number of halogens is 1. The molecule has 1 unspecified atom stereocenters. The molecule has 1 saturated heterocycles. The molecule has 1 spiro atoms. The summed E-state index contributed by atoms with van der Waals surface area (Å²) in [7, 11) is 0. The summed E-state index contributed by atoms with van der Waals surface area (Å²) in [5, 5.41) is 10.4. The van der Waals surface area contributed by atoms with Crippen molar-refractivity contribution in [2.45, 2.75) is 18.9 Å². The fourth-order valence-electron chi connectivity index (χ4n) is 6.05. The first-order valence-corrected chi connectivity index (χ1v) is 13.8. The molecule has 7 rings (SSSR count). The van der Waals surface area contributed by atoms with E-state index in [9.17, 15) is 19.1 Å². The summed E-state index contributed by atoms with van der Waals surface area (Å²) in [5.41, 5.74) is 2.52. The van der Waals surface area contributed by atoms with Crippen LogP contribution in [0, 0.1) is 0 Å². The van der Waals surface area contributed by atoms with E-state index in [1.54, 1.807) is 23.1 Å². The van der Waals surface area contributed by atoms with Gasteiger partial charge in [0.15, 0.2) is 5.60 Å². The number of phenolic OH excluding ortho intramolecular Hbond substituents is 1. The van der Waals surface area contributed by atoms with E-state index in [0.717, 1.165) is 11.3 Å². The Balaban J connectivity index is 1.18. The second-order valence-electron chi connectivity index (χ2n) is 10.5. The first kappa shape index (κ1) is 25.9. The van der Waals surface area contributed by atoms with Crippen LogP contribution in [0.5, 0.6) is 17.2 Å². The zero-order valence-corrected chi connectivity index (χ0v) is 22.6. The molecule has 0 radical (unpaired) electrons. The number of ether oxygens (including phenoxy) is 3. The maximum atomic E-state index is 14.2. The second-order valence-corrected chi connectivity index (χ2v) is 10.5. The lowest BCUT2D eigenvalue weighted by Crippen LogP contribution is -2.49. The Morgan fingerprint density at radius 1 is 0.905 bits per heavy atom. The third-order valence-electron chi connectivity index (χ3n) is 8.19. The van der Waals surface area contributed by atoms with Gasteiger partial charge in [-0.2, -0.15) is 0 Å². The quantitative estimate of drug-likeness (QED) is 0.308. The minimum absolute atomic E-state index is 0.00834. The van der Waals surface area contributed by atoms with Crippen molar-refractivity contribution in [3.8, 4) is 17.2 Å². The first-order chi connectivity index (χ1) is 20.5. The number of aromatic hydroxyl groups is 1. The molecule has 1 amide bonds. The number of phenols is 1. The maximum Gasteiger partial charge on any atom is 0.410 e. The minimum Gasteiger partial charge on any atom is -0.507 e. The van der Waals surface area contributed by atoms with Gasteiger partial charge in [0, 0.05) is 54.6 Å². The Morgan fingerprint density at radius 3 is 2.43 bits per heavy atom. The SMILES string of the molecule is O=C1OC2(c3ccc(N4CCN(C(=O)OCc5ccccc5)CC4)cc3Oc3c2ccc(O)c3CF)c2ccccc21. The number of carbonyl (C=O) groups excluding carboxylic acids is 2. The summed E-state index contributed by atoms with van der Waals surface area (Å²) in [4.78, 5) is 29.5. The third kappa shape index (κ3) is 4.03. The number of anilines is 1. The fourth-order valence-corrected chi connectivity index (χ4v) is 6.05. The van der Waals surface area contributed by atoms with Crippen LogP contribution < -0.4 is 9.64 Å². The Morgan fingerprint density at radius 2 is 1.64 bits per heavy atom. The van der Waals surface area contributed by atoms with Gasteiger partial charge in [-0.1, -0.05) is 48.5 Å². The molecule has 3 heterocycles. The second kappa shape index (κ2) is 10.1. The van der Waals surface area contributed by atoms with Gasteiger partial charge in [0.05, 0.1) is 11.1 Å². The van der Waals surface area contributed by atoms with Crippen molar-refractivity contribution in [1.29, 1.82) is 0 Å². The number of rotatable bonds is 4. The number of nitrogens with zero attached hydrogens (tertiary/aromatic N) is 2. The highest BCUT2D eigenvalue weighted by molar-refractivity contribution is 5.97. The molecule has 1 N–H and O–H groups in total. The van der Waals surface area contributed by atoms with Crippen molar-refractivity contribution in [2.75, 3.05) is 31.1 Å². The monoisotopic (exact) mass is 566 g/mol. The Labute approximate surface area is 241 Å². The van der Waals surface area contributed by atoms with E-state index in [2.05, 4.69) is 4.90 Å².